The standard InChI is InChI=1S/C61H60F9N6O8P/c1-39(2)76(40(3)4)85(83-34-13-31-71)84-49(38-82-58(42-17-11-8-12-18-42,43-19-25-47(80-5)26-20-43)44-21-27-48(81-6)28-22-44)37-74(57(79)61(68,69)70)32-14-33-75-53-36-46(73-56(78)60(65,66)67)24-30-51(53)50-29-23-45(72-55(77)59(62,63)64)35-52(50)54(75)41-15-9-7-10-16-41/h7-12,15-30,35-36,39-40,49H,13-14,32-34,37-38H2,1-6H3,(H,72,77). The van der Waals surface area contributed by atoms with Gasteiger partial charge in [-0.3, -0.25) is 14.4 Å². The Labute approximate surface area is 485 Å². The lowest BCUT2D eigenvalue weighted by Gasteiger charge is -2.40. The molecule has 85 heavy (non-hydrogen) atoms. The third-order valence-corrected chi connectivity index (χ3v) is 15.6. The van der Waals surface area contributed by atoms with Crippen LogP contribution in [0.4, 0.5) is 45.2 Å². The predicted octanol–water partition coefficient (Wildman–Crippen LogP) is 13.4. The van der Waals surface area contributed by atoms with Crippen molar-refractivity contribution in [2.75, 3.05) is 45.8 Å². The zero-order valence-electron chi connectivity index (χ0n) is 46.9. The number of aromatic nitrogens is 1. The Morgan fingerprint density at radius 1 is 0.694 bits per heavy atom. The second kappa shape index (κ2) is 27.9. The van der Waals surface area contributed by atoms with E-state index in [1.165, 1.54) is 43.1 Å². The van der Waals surface area contributed by atoms with Gasteiger partial charge in [0.05, 0.1) is 56.7 Å². The number of fused-ring (bicyclic) bond motifs is 3. The average Bonchev–Trinajstić information content (AvgIpc) is 0.873. The number of hydrogen-bond acceptors (Lipinski definition) is 10. The molecule has 1 N–H and O–H groups in total. The normalized spacial score (nSPS) is 13.3. The zero-order chi connectivity index (χ0) is 61.9. The maximum absolute atomic E-state index is 15.2. The minimum Gasteiger partial charge on any atom is -0.497 e. The lowest BCUT2D eigenvalue weighted by atomic mass is 9.80. The number of carbonyl (C=O) groups is 3. The SMILES string of the molecule is COc1ccc(C(OCC(CN(CCCn2c3cc(=NC(=O)C(F)(F)F)ccc-3c3ccc(NC(=O)C(F)(F)F)cc3c2-c2ccccc2)C(=O)C(F)(F)F)OP(OCCC#N)N(C(C)C)C(C)C)(c2ccccc2)c2ccc(OC)cc2)cc1. The Hall–Kier alpha value is -7.87. The molecule has 5 aromatic carbocycles. The number of benzene rings is 6. The lowest BCUT2D eigenvalue weighted by molar-refractivity contribution is -0.187. The van der Waals surface area contributed by atoms with Gasteiger partial charge in [0.1, 0.15) is 23.2 Å². The van der Waals surface area contributed by atoms with Gasteiger partial charge in [-0.2, -0.15) is 44.8 Å². The number of amides is 3. The van der Waals surface area contributed by atoms with Crippen LogP contribution in [-0.2, 0) is 40.3 Å². The van der Waals surface area contributed by atoms with Crippen LogP contribution in [0.2, 0.25) is 0 Å². The fraction of sp³-hybridized carbons (Fsp3) is 0.328. The summed E-state index contributed by atoms with van der Waals surface area (Å²) in [6.07, 6.45) is -18.1. The zero-order valence-corrected chi connectivity index (χ0v) is 47.8. The average molecular weight is 1210 g/mol. The molecular formula is C61H60F9N6O8P. The first-order valence-electron chi connectivity index (χ1n) is 26.6. The van der Waals surface area contributed by atoms with Crippen LogP contribution in [0.5, 0.6) is 11.5 Å². The van der Waals surface area contributed by atoms with Crippen molar-refractivity contribution in [3.05, 3.63) is 168 Å². The van der Waals surface area contributed by atoms with E-state index in [0.717, 1.165) is 12.1 Å². The number of methoxy groups -OCH3 is 2. The van der Waals surface area contributed by atoms with E-state index in [9.17, 15) is 46.0 Å². The molecule has 5 aromatic rings. The molecule has 450 valence electrons. The quantitative estimate of drug-likeness (QED) is 0.0203. The van der Waals surface area contributed by atoms with Crippen molar-refractivity contribution in [1.82, 2.24) is 14.1 Å². The summed E-state index contributed by atoms with van der Waals surface area (Å²) < 4.78 is 162. The summed E-state index contributed by atoms with van der Waals surface area (Å²) in [5, 5.41) is 11.4. The van der Waals surface area contributed by atoms with Crippen LogP contribution in [0.25, 0.3) is 33.3 Å². The van der Waals surface area contributed by atoms with Gasteiger partial charge in [0.2, 0.25) is 0 Å². The molecule has 2 unspecified atom stereocenters. The maximum Gasteiger partial charge on any atom is 0.473 e. The van der Waals surface area contributed by atoms with Crippen molar-refractivity contribution in [3.8, 4) is 40.1 Å². The molecule has 24 heteroatoms. The Kier molecular flexibility index (Phi) is 21.2. The van der Waals surface area contributed by atoms with E-state index in [1.54, 1.807) is 97.1 Å². The number of rotatable bonds is 24. The van der Waals surface area contributed by atoms with Crippen molar-refractivity contribution >= 4 is 42.7 Å². The first kappa shape index (κ1) is 64.7. The molecule has 0 saturated carbocycles. The largest absolute Gasteiger partial charge is 0.497 e. The van der Waals surface area contributed by atoms with Crippen LogP contribution >= 0.6 is 8.53 Å². The molecular weight excluding hydrogens is 1150 g/mol. The number of hydrogen-bond donors (Lipinski definition) is 1. The number of nitriles is 1. The van der Waals surface area contributed by atoms with Crippen molar-refractivity contribution in [3.63, 3.8) is 0 Å². The summed E-state index contributed by atoms with van der Waals surface area (Å²) in [5.74, 6) is -6.01. The van der Waals surface area contributed by atoms with E-state index >= 15 is 13.2 Å². The van der Waals surface area contributed by atoms with Gasteiger partial charge in [0.15, 0.2) is 0 Å². The Balaban J connectivity index is 1.40. The number of pyridine rings is 1. The molecule has 0 fully saturated rings. The summed E-state index contributed by atoms with van der Waals surface area (Å²) in [6.45, 7) is 4.90. The van der Waals surface area contributed by atoms with E-state index in [2.05, 4.69) is 4.99 Å². The fourth-order valence-electron chi connectivity index (χ4n) is 9.83. The van der Waals surface area contributed by atoms with Crippen LogP contribution in [0.15, 0.2) is 151 Å². The van der Waals surface area contributed by atoms with E-state index < -0.39 is 81.5 Å². The number of ether oxygens (including phenoxy) is 3. The van der Waals surface area contributed by atoms with E-state index in [0.29, 0.717) is 44.0 Å². The second-order valence-electron chi connectivity index (χ2n) is 19.9. The number of nitrogens with one attached hydrogen (secondary N) is 1. The van der Waals surface area contributed by atoms with Crippen molar-refractivity contribution < 1.29 is 77.2 Å². The molecule has 14 nitrogen and oxygen atoms in total. The molecule has 3 amide bonds. The first-order valence-corrected chi connectivity index (χ1v) is 27.7. The third-order valence-electron chi connectivity index (χ3n) is 13.5. The maximum atomic E-state index is 15.2. The van der Waals surface area contributed by atoms with Crippen LogP contribution < -0.4 is 20.1 Å². The summed E-state index contributed by atoms with van der Waals surface area (Å²) in [7, 11) is 0.742. The predicted molar refractivity (Wildman–Crippen MR) is 301 cm³/mol. The smallest absolute Gasteiger partial charge is 0.473 e. The highest BCUT2D eigenvalue weighted by molar-refractivity contribution is 7.44. The van der Waals surface area contributed by atoms with Crippen LogP contribution in [0.1, 0.15) is 57.2 Å². The molecule has 2 aliphatic rings. The minimum atomic E-state index is -5.49. The van der Waals surface area contributed by atoms with Gasteiger partial charge in [-0.1, -0.05) is 97.1 Å². The number of halogens is 9. The Bertz CT molecular complexity index is 3430. The Morgan fingerprint density at radius 2 is 1.27 bits per heavy atom. The molecule has 0 aromatic heterocycles. The molecule has 1 aliphatic heterocycles. The Morgan fingerprint density at radius 3 is 1.80 bits per heavy atom. The molecule has 0 saturated heterocycles. The molecule has 2 atom stereocenters. The van der Waals surface area contributed by atoms with Crippen molar-refractivity contribution in [2.45, 2.75) is 89.4 Å². The molecule has 0 bridgehead atoms. The fourth-order valence-corrected chi connectivity index (χ4v) is 11.5. The number of alkyl halides is 9. The second-order valence-corrected chi connectivity index (χ2v) is 21.3. The van der Waals surface area contributed by atoms with Crippen LogP contribution in [0, 0.1) is 11.3 Å². The van der Waals surface area contributed by atoms with E-state index in [4.69, 9.17) is 23.3 Å². The molecule has 0 spiro atoms. The number of carbonyl (C=O) groups excluding carboxylic acids is 3. The summed E-state index contributed by atoms with van der Waals surface area (Å²) in [5.41, 5.74) is 0.658. The van der Waals surface area contributed by atoms with Crippen LogP contribution in [0.3, 0.4) is 0 Å². The summed E-state index contributed by atoms with van der Waals surface area (Å²) in [6, 6.07) is 39.8. The lowest BCUT2D eigenvalue weighted by Crippen LogP contribution is -2.48. The topological polar surface area (TPSA) is 157 Å². The molecule has 1 aliphatic carbocycles. The molecule has 1 heterocycles. The highest BCUT2D eigenvalue weighted by atomic mass is 31.2. The van der Waals surface area contributed by atoms with Crippen LogP contribution in [-0.4, -0.2) is 109 Å². The van der Waals surface area contributed by atoms with E-state index in [1.807, 2.05) is 55.9 Å². The van der Waals surface area contributed by atoms with E-state index in [-0.39, 0.29) is 66.1 Å². The summed E-state index contributed by atoms with van der Waals surface area (Å²) >= 11 is 0. The van der Waals surface area contributed by atoms with Gasteiger partial charge < -0.3 is 38.0 Å². The van der Waals surface area contributed by atoms with Gasteiger partial charge in [0, 0.05) is 48.4 Å². The van der Waals surface area contributed by atoms with Gasteiger partial charge in [-0.05, 0) is 110 Å². The number of nitrogens with zero attached hydrogens (tertiary/aromatic N) is 5. The monoisotopic (exact) mass is 1210 g/mol. The van der Waals surface area contributed by atoms with Gasteiger partial charge in [-0.15, -0.1) is 0 Å². The minimum absolute atomic E-state index is 0.0786. The molecule has 0 radical (unpaired) electrons. The van der Waals surface area contributed by atoms with Gasteiger partial charge >= 0.3 is 36.3 Å². The van der Waals surface area contributed by atoms with Crippen molar-refractivity contribution in [2.24, 2.45) is 4.99 Å². The van der Waals surface area contributed by atoms with Gasteiger partial charge in [-0.25, -0.2) is 9.66 Å². The first-order chi connectivity index (χ1) is 40.3. The molecule has 7 rings (SSSR count). The van der Waals surface area contributed by atoms with Gasteiger partial charge in [0.25, 0.3) is 8.53 Å². The summed E-state index contributed by atoms with van der Waals surface area (Å²) in [4.78, 5) is 42.3. The highest BCUT2D eigenvalue weighted by Crippen LogP contribution is 2.49. The third kappa shape index (κ3) is 15.7. The highest BCUT2D eigenvalue weighted by Gasteiger charge is 2.45. The van der Waals surface area contributed by atoms with Crippen molar-refractivity contribution in [1.29, 1.82) is 5.26 Å². The number of anilines is 1.